The van der Waals surface area contributed by atoms with E-state index in [0.717, 1.165) is 14.5 Å². The van der Waals surface area contributed by atoms with Crippen LogP contribution in [-0.2, 0) is 12.4 Å². The molecule has 5 rings (SSSR count). The van der Waals surface area contributed by atoms with E-state index >= 15 is 0 Å². The van der Waals surface area contributed by atoms with Crippen LogP contribution >= 0.6 is 23.2 Å². The van der Waals surface area contributed by atoms with E-state index in [4.69, 9.17) is 23.2 Å². The number of alkyl halides is 6. The van der Waals surface area contributed by atoms with Crippen LogP contribution in [0.25, 0.3) is 5.82 Å². The van der Waals surface area contributed by atoms with Crippen molar-refractivity contribution in [3.63, 3.8) is 0 Å². The number of aryl methyl sites for hydroxylation is 1. The first-order valence-corrected chi connectivity index (χ1v) is 14.2. The zero-order valence-electron chi connectivity index (χ0n) is 24.1. The van der Waals surface area contributed by atoms with Crippen LogP contribution in [0.2, 0.25) is 10.0 Å². The maximum Gasteiger partial charge on any atom is 0.416 e. The Labute approximate surface area is 271 Å². The van der Waals surface area contributed by atoms with Gasteiger partial charge in [0.1, 0.15) is 5.69 Å². The Morgan fingerprint density at radius 1 is 0.894 bits per heavy atom. The zero-order chi connectivity index (χ0) is 34.4. The van der Waals surface area contributed by atoms with Crippen LogP contribution in [0.4, 0.5) is 48.3 Å². The van der Waals surface area contributed by atoms with Crippen LogP contribution in [-0.4, -0.2) is 52.7 Å². The molecule has 0 atom stereocenters. The van der Waals surface area contributed by atoms with Crippen molar-refractivity contribution in [1.82, 2.24) is 20.1 Å². The third-order valence-corrected chi connectivity index (χ3v) is 7.56. The van der Waals surface area contributed by atoms with Gasteiger partial charge in [-0.1, -0.05) is 23.2 Å². The molecule has 0 bridgehead atoms. The van der Waals surface area contributed by atoms with Crippen molar-refractivity contribution in [1.29, 1.82) is 0 Å². The minimum Gasteiger partial charge on any atom is -0.355 e. The number of rotatable bonds is 6. The fraction of sp³-hybridized carbons (Fsp3) is 0.207. The van der Waals surface area contributed by atoms with Gasteiger partial charge in [-0.05, 0) is 55.0 Å². The minimum atomic E-state index is -5.12. The first-order valence-electron chi connectivity index (χ1n) is 13.4. The number of hydrogen-bond donors (Lipinski definition) is 2. The molecule has 2 aromatic heterocycles. The summed E-state index contributed by atoms with van der Waals surface area (Å²) < 4.78 is 82.0. The van der Waals surface area contributed by atoms with Crippen molar-refractivity contribution in [2.75, 3.05) is 35.3 Å². The van der Waals surface area contributed by atoms with Gasteiger partial charge in [0.25, 0.3) is 11.8 Å². The molecule has 4 amide bonds. The Kier molecular flexibility index (Phi) is 8.85. The van der Waals surface area contributed by atoms with Crippen molar-refractivity contribution < 1.29 is 40.7 Å². The number of nitrogens with one attached hydrogen (secondary N) is 2. The highest BCUT2D eigenvalue weighted by Crippen LogP contribution is 2.39. The van der Waals surface area contributed by atoms with Crippen LogP contribution in [0, 0.1) is 6.92 Å². The molecule has 0 radical (unpaired) electrons. The molecule has 0 aliphatic carbocycles. The van der Waals surface area contributed by atoms with Gasteiger partial charge in [0, 0.05) is 43.1 Å². The summed E-state index contributed by atoms with van der Waals surface area (Å²) in [7, 11) is 1.38. The topological polar surface area (TPSA) is 112 Å². The molecule has 2 N–H and O–H groups in total. The summed E-state index contributed by atoms with van der Waals surface area (Å²) in [5, 5.41) is 9.68. The Morgan fingerprint density at radius 3 is 2.13 bits per heavy atom. The minimum absolute atomic E-state index is 0.0388. The summed E-state index contributed by atoms with van der Waals surface area (Å²) in [5.74, 6) is -1.62. The molecule has 246 valence electrons. The SMILES string of the molecule is CNC(=O)c1cc(Cl)cc(C)c1NC(=O)c1cc(N2CCN(c3cc(C(F)(F)F)cc(C(F)(F)F)c3)C2=O)nn1-c1ncccc1Cl. The molecule has 2 aromatic carbocycles. The summed E-state index contributed by atoms with van der Waals surface area (Å²) >= 11 is 12.5. The summed E-state index contributed by atoms with van der Waals surface area (Å²) in [6, 6.07) is 6.83. The summed E-state index contributed by atoms with van der Waals surface area (Å²) in [5.41, 5.74) is -3.47. The van der Waals surface area contributed by atoms with Gasteiger partial charge in [0.05, 0.1) is 27.4 Å². The highest BCUT2D eigenvalue weighted by molar-refractivity contribution is 6.32. The number of hydrogen-bond acceptors (Lipinski definition) is 5. The second-order valence-corrected chi connectivity index (χ2v) is 11.0. The van der Waals surface area contributed by atoms with E-state index in [1.807, 2.05) is 0 Å². The molecule has 18 heteroatoms. The van der Waals surface area contributed by atoms with E-state index in [1.165, 1.54) is 43.6 Å². The largest absolute Gasteiger partial charge is 0.416 e. The van der Waals surface area contributed by atoms with Gasteiger partial charge in [-0.3, -0.25) is 19.4 Å². The lowest BCUT2D eigenvalue weighted by molar-refractivity contribution is -0.143. The predicted octanol–water partition coefficient (Wildman–Crippen LogP) is 6.98. The Bertz CT molecular complexity index is 1880. The third-order valence-electron chi connectivity index (χ3n) is 7.05. The first kappa shape index (κ1) is 33.5. The molecule has 10 nitrogen and oxygen atoms in total. The molecular weight excluding hydrogens is 679 g/mol. The number of nitrogens with zero attached hydrogens (tertiary/aromatic N) is 5. The maximum atomic E-state index is 13.7. The molecule has 1 saturated heterocycles. The number of anilines is 3. The van der Waals surface area contributed by atoms with E-state index in [2.05, 4.69) is 20.7 Å². The van der Waals surface area contributed by atoms with Gasteiger partial charge in [0.15, 0.2) is 11.6 Å². The number of pyridine rings is 1. The lowest BCUT2D eigenvalue weighted by atomic mass is 10.1. The Morgan fingerprint density at radius 2 is 1.53 bits per heavy atom. The first-order chi connectivity index (χ1) is 22.0. The van der Waals surface area contributed by atoms with Gasteiger partial charge >= 0.3 is 18.4 Å². The number of carbonyl (C=O) groups excluding carboxylic acids is 3. The molecule has 4 aromatic rings. The molecule has 1 aliphatic rings. The number of benzene rings is 2. The third kappa shape index (κ3) is 6.69. The van der Waals surface area contributed by atoms with Crippen molar-refractivity contribution in [3.05, 3.63) is 92.7 Å². The molecule has 0 spiro atoms. The van der Waals surface area contributed by atoms with Crippen molar-refractivity contribution in [2.45, 2.75) is 19.3 Å². The summed E-state index contributed by atoms with van der Waals surface area (Å²) in [6.07, 6.45) is -8.89. The van der Waals surface area contributed by atoms with Crippen molar-refractivity contribution in [2.24, 2.45) is 0 Å². The fourth-order valence-electron chi connectivity index (χ4n) is 4.84. The highest BCUT2D eigenvalue weighted by atomic mass is 35.5. The van der Waals surface area contributed by atoms with Gasteiger partial charge < -0.3 is 10.6 Å². The number of urea groups is 1. The number of carbonyl (C=O) groups is 3. The summed E-state index contributed by atoms with van der Waals surface area (Å²) in [4.78, 5) is 45.7. The molecule has 1 aliphatic heterocycles. The van der Waals surface area contributed by atoms with E-state index in [1.54, 1.807) is 6.92 Å². The van der Waals surface area contributed by atoms with Gasteiger partial charge in [-0.2, -0.15) is 26.3 Å². The van der Waals surface area contributed by atoms with Crippen molar-refractivity contribution in [3.8, 4) is 5.82 Å². The second-order valence-electron chi connectivity index (χ2n) is 10.1. The average Bonchev–Trinajstić information content (AvgIpc) is 3.60. The molecule has 0 saturated carbocycles. The lowest BCUT2D eigenvalue weighted by Crippen LogP contribution is -2.32. The number of halogens is 8. The smallest absolute Gasteiger partial charge is 0.355 e. The van der Waals surface area contributed by atoms with Gasteiger partial charge in [-0.25, -0.2) is 14.5 Å². The number of amides is 4. The van der Waals surface area contributed by atoms with Gasteiger partial charge in [-0.15, -0.1) is 5.10 Å². The lowest BCUT2D eigenvalue weighted by Gasteiger charge is -2.20. The van der Waals surface area contributed by atoms with Crippen LogP contribution in [0.5, 0.6) is 0 Å². The standard InChI is InChI=1S/C29H21Cl2F6N7O3/c1-14-8-17(30)12-19(25(45)38-2)23(14)40-26(46)21-13-22(41-44(21)24-20(31)4-3-5-39-24)43-7-6-42(27(43)47)18-10-15(28(32,33)34)9-16(11-18)29(35,36)37/h3-5,8-13H,6-7H2,1-2H3,(H,38,45)(H,40,46). The number of aromatic nitrogens is 3. The zero-order valence-corrected chi connectivity index (χ0v) is 25.6. The predicted molar refractivity (Wildman–Crippen MR) is 160 cm³/mol. The van der Waals surface area contributed by atoms with Gasteiger partial charge in [0.2, 0.25) is 0 Å². The molecule has 1 fully saturated rings. The molecular formula is C29H21Cl2F6N7O3. The quantitative estimate of drug-likeness (QED) is 0.211. The summed E-state index contributed by atoms with van der Waals surface area (Å²) in [6.45, 7) is 1.07. The fourth-order valence-corrected chi connectivity index (χ4v) is 5.32. The van der Waals surface area contributed by atoms with E-state index < -0.39 is 47.0 Å². The van der Waals surface area contributed by atoms with E-state index in [-0.39, 0.29) is 57.8 Å². The Hall–Kier alpha value is -4.83. The average molecular weight is 700 g/mol. The second kappa shape index (κ2) is 12.4. The normalized spacial score (nSPS) is 13.7. The molecule has 3 heterocycles. The van der Waals surface area contributed by atoms with E-state index in [9.17, 15) is 40.7 Å². The van der Waals surface area contributed by atoms with Crippen LogP contribution in [0.3, 0.4) is 0 Å². The highest BCUT2D eigenvalue weighted by Gasteiger charge is 2.40. The van der Waals surface area contributed by atoms with Crippen LogP contribution < -0.4 is 20.4 Å². The maximum absolute atomic E-state index is 13.7. The van der Waals surface area contributed by atoms with Crippen LogP contribution in [0.15, 0.2) is 54.7 Å². The van der Waals surface area contributed by atoms with E-state index in [0.29, 0.717) is 17.7 Å². The van der Waals surface area contributed by atoms with Crippen molar-refractivity contribution >= 4 is 58.2 Å². The molecule has 0 unspecified atom stereocenters. The monoisotopic (exact) mass is 699 g/mol. The molecule has 47 heavy (non-hydrogen) atoms. The Balaban J connectivity index is 1.56. The van der Waals surface area contributed by atoms with Crippen LogP contribution in [0.1, 0.15) is 37.5 Å².